The van der Waals surface area contributed by atoms with Gasteiger partial charge in [-0.2, -0.15) is 0 Å². The van der Waals surface area contributed by atoms with Crippen LogP contribution in [-0.2, 0) is 0 Å². The third kappa shape index (κ3) is 12.0. The quantitative estimate of drug-likeness (QED) is 0.506. The van der Waals surface area contributed by atoms with Crippen LogP contribution in [0.1, 0.15) is 42.7 Å². The van der Waals surface area contributed by atoms with Gasteiger partial charge in [-0.15, -0.1) is 0 Å². The molecule has 0 heterocycles. The van der Waals surface area contributed by atoms with Gasteiger partial charge in [0.05, 0.1) is 0 Å². The summed E-state index contributed by atoms with van der Waals surface area (Å²) in [5.74, 6) is 0. The number of rotatable bonds is 0. The number of hydrogen-bond acceptors (Lipinski definition) is 0. The largest absolute Gasteiger partial charge is 0.0776 e. The van der Waals surface area contributed by atoms with Crippen LogP contribution < -0.4 is 0 Å². The van der Waals surface area contributed by atoms with E-state index in [1.165, 1.54) is 5.56 Å². The van der Waals surface area contributed by atoms with Crippen LogP contribution in [0.5, 0.6) is 0 Å². The molecule has 0 unspecified atom stereocenters. The molecule has 0 saturated carbocycles. The smallest absolute Gasteiger partial charge is 0.0398 e. The summed E-state index contributed by atoms with van der Waals surface area (Å²) < 4.78 is 0. The van der Waals surface area contributed by atoms with Gasteiger partial charge in [0.15, 0.2) is 0 Å². The highest BCUT2D eigenvalue weighted by atomic mass is 13.8. The van der Waals surface area contributed by atoms with Gasteiger partial charge in [0.25, 0.3) is 0 Å². The van der Waals surface area contributed by atoms with Crippen molar-refractivity contribution in [1.82, 2.24) is 0 Å². The van der Waals surface area contributed by atoms with Crippen molar-refractivity contribution < 1.29 is 0 Å². The number of hydrogen-bond donors (Lipinski definition) is 0. The second-order valence-corrected chi connectivity index (χ2v) is 1.65. The Morgan fingerprint density at radius 3 is 1.17 bits per heavy atom. The van der Waals surface area contributed by atoms with Crippen LogP contribution >= 0.6 is 0 Å². The van der Waals surface area contributed by atoms with Crippen LogP contribution in [-0.4, -0.2) is 0 Å². The van der Waals surface area contributed by atoms with Crippen LogP contribution in [0.2, 0.25) is 0 Å². The molecule has 0 aliphatic heterocycles. The van der Waals surface area contributed by atoms with Gasteiger partial charge in [-0.25, -0.2) is 0 Å². The molecule has 0 aliphatic carbocycles. The molecule has 1 rings (SSSR count). The maximum absolute atomic E-state index is 2.08. The summed E-state index contributed by atoms with van der Waals surface area (Å²) in [6, 6.07) is 10.3. The van der Waals surface area contributed by atoms with Crippen LogP contribution in [0, 0.1) is 6.92 Å². The highest BCUT2D eigenvalue weighted by Crippen LogP contribution is 1.92. The first kappa shape index (κ1) is 30.3. The number of benzene rings is 1. The SMILES string of the molecule is C.C.C.C.C.Cc1ccccc1. The minimum absolute atomic E-state index is 0. The van der Waals surface area contributed by atoms with Crippen LogP contribution in [0.3, 0.4) is 0 Å². The summed E-state index contributed by atoms with van der Waals surface area (Å²) in [6.07, 6.45) is 0. The molecule has 1 aromatic carbocycles. The Labute approximate surface area is 80.7 Å². The fraction of sp³-hybridized carbons (Fsp3) is 0.500. The zero-order valence-corrected chi connectivity index (χ0v) is 4.39. The monoisotopic (exact) mass is 172 g/mol. The van der Waals surface area contributed by atoms with Gasteiger partial charge in [0, 0.05) is 0 Å². The molecule has 1 aromatic rings. The standard InChI is InChI=1S/C7H8.5CH4/c1-7-5-3-2-4-6-7;;;;;/h2-6H,1H3;5*1H4. The van der Waals surface area contributed by atoms with Crippen molar-refractivity contribution in [3.8, 4) is 0 Å². The molecule has 0 saturated heterocycles. The summed E-state index contributed by atoms with van der Waals surface area (Å²) >= 11 is 0. The molecule has 0 aliphatic rings. The fourth-order valence-corrected chi connectivity index (χ4v) is 0.534. The average molecular weight is 172 g/mol. The lowest BCUT2D eigenvalue weighted by Crippen LogP contribution is -1.62. The Bertz CT molecular complexity index is 130. The van der Waals surface area contributed by atoms with Gasteiger partial charge in [-0.1, -0.05) is 73.0 Å². The van der Waals surface area contributed by atoms with Gasteiger partial charge < -0.3 is 0 Å². The molecule has 0 spiro atoms. The van der Waals surface area contributed by atoms with E-state index in [-0.39, 0.29) is 37.1 Å². The topological polar surface area (TPSA) is 0 Å². The summed E-state index contributed by atoms with van der Waals surface area (Å²) in [4.78, 5) is 0. The highest BCUT2D eigenvalue weighted by Gasteiger charge is 1.72. The predicted octanol–water partition coefficient (Wildman–Crippen LogP) is 5.18. The highest BCUT2D eigenvalue weighted by molar-refractivity contribution is 5.11. The Balaban J connectivity index is -0.0000000327. The van der Waals surface area contributed by atoms with E-state index in [0.29, 0.717) is 0 Å². The van der Waals surface area contributed by atoms with Gasteiger partial charge in [0.2, 0.25) is 0 Å². The lowest BCUT2D eigenvalue weighted by Gasteiger charge is -1.82. The zero-order valence-electron chi connectivity index (χ0n) is 4.39. The van der Waals surface area contributed by atoms with Gasteiger partial charge >= 0.3 is 0 Å². The van der Waals surface area contributed by atoms with E-state index in [2.05, 4.69) is 19.1 Å². The van der Waals surface area contributed by atoms with E-state index >= 15 is 0 Å². The maximum Gasteiger partial charge on any atom is -0.0398 e. The molecule has 0 fully saturated rings. The third-order valence-electron chi connectivity index (χ3n) is 0.940. The van der Waals surface area contributed by atoms with Crippen molar-refractivity contribution in [2.45, 2.75) is 44.1 Å². The van der Waals surface area contributed by atoms with Crippen LogP contribution in [0.15, 0.2) is 30.3 Å². The van der Waals surface area contributed by atoms with Crippen molar-refractivity contribution >= 4 is 0 Å². The molecule has 0 amide bonds. The summed E-state index contributed by atoms with van der Waals surface area (Å²) in [7, 11) is 0. The molecule has 0 nitrogen and oxygen atoms in total. The van der Waals surface area contributed by atoms with E-state index in [1.807, 2.05) is 18.2 Å². The molecule has 0 N–H and O–H groups in total. The predicted molar refractivity (Wildman–Crippen MR) is 64.8 cm³/mol. The summed E-state index contributed by atoms with van der Waals surface area (Å²) in [5.41, 5.74) is 1.32. The average Bonchev–Trinajstić information content (AvgIpc) is 1.69. The first-order valence-electron chi connectivity index (χ1n) is 2.41. The molecule has 0 radical (unpaired) electrons. The Morgan fingerprint density at radius 2 is 1.00 bits per heavy atom. The van der Waals surface area contributed by atoms with Crippen molar-refractivity contribution in [3.05, 3.63) is 35.9 Å². The van der Waals surface area contributed by atoms with E-state index in [4.69, 9.17) is 0 Å². The molecule has 0 bridgehead atoms. The van der Waals surface area contributed by atoms with Gasteiger partial charge in [-0.3, -0.25) is 0 Å². The Kier molecular flexibility index (Phi) is 42.1. The van der Waals surface area contributed by atoms with E-state index in [0.717, 1.165) is 0 Å². The molecule has 12 heavy (non-hydrogen) atoms. The first-order chi connectivity index (χ1) is 3.39. The van der Waals surface area contributed by atoms with Gasteiger partial charge in [-0.05, 0) is 6.92 Å². The minimum Gasteiger partial charge on any atom is -0.0776 e. The lowest BCUT2D eigenvalue weighted by atomic mass is 10.2. The van der Waals surface area contributed by atoms with Crippen molar-refractivity contribution in [3.63, 3.8) is 0 Å². The second-order valence-electron chi connectivity index (χ2n) is 1.65. The van der Waals surface area contributed by atoms with E-state index in [1.54, 1.807) is 0 Å². The lowest BCUT2D eigenvalue weighted by molar-refractivity contribution is 1.48. The second kappa shape index (κ2) is 16.7. The van der Waals surface area contributed by atoms with Crippen molar-refractivity contribution in [2.24, 2.45) is 0 Å². The minimum atomic E-state index is 0. The molecule has 0 heteroatoms. The van der Waals surface area contributed by atoms with Gasteiger partial charge in [0.1, 0.15) is 0 Å². The van der Waals surface area contributed by atoms with E-state index < -0.39 is 0 Å². The first-order valence-corrected chi connectivity index (χ1v) is 2.41. The Morgan fingerprint density at radius 1 is 0.667 bits per heavy atom. The van der Waals surface area contributed by atoms with Crippen molar-refractivity contribution in [1.29, 1.82) is 0 Å². The molecular weight excluding hydrogens is 144 g/mol. The molecule has 0 atom stereocenters. The number of aryl methyl sites for hydroxylation is 1. The molecular formula is C12H28. The normalized spacial score (nSPS) is 5.08. The van der Waals surface area contributed by atoms with Crippen LogP contribution in [0.4, 0.5) is 0 Å². The molecule has 0 aromatic heterocycles. The maximum atomic E-state index is 2.08. The van der Waals surface area contributed by atoms with Crippen LogP contribution in [0.25, 0.3) is 0 Å². The molecule has 76 valence electrons. The van der Waals surface area contributed by atoms with E-state index in [9.17, 15) is 0 Å². The fourth-order valence-electron chi connectivity index (χ4n) is 0.534. The van der Waals surface area contributed by atoms with Crippen molar-refractivity contribution in [2.75, 3.05) is 0 Å². The summed E-state index contributed by atoms with van der Waals surface area (Å²) in [5, 5.41) is 0. The zero-order chi connectivity index (χ0) is 5.11. The Hall–Kier alpha value is -0.780. The summed E-state index contributed by atoms with van der Waals surface area (Å²) in [6.45, 7) is 2.08. The third-order valence-corrected chi connectivity index (χ3v) is 0.940.